The van der Waals surface area contributed by atoms with Crippen molar-refractivity contribution in [1.29, 1.82) is 0 Å². The summed E-state index contributed by atoms with van der Waals surface area (Å²) in [6, 6.07) is 44.2. The van der Waals surface area contributed by atoms with Crippen molar-refractivity contribution < 1.29 is 9.47 Å². The summed E-state index contributed by atoms with van der Waals surface area (Å²) in [6.07, 6.45) is 1.83. The summed E-state index contributed by atoms with van der Waals surface area (Å²) in [5.41, 5.74) is 8.77. The van der Waals surface area contributed by atoms with E-state index in [0.29, 0.717) is 19.0 Å². The van der Waals surface area contributed by atoms with E-state index in [9.17, 15) is 0 Å². The fraction of sp³-hybridized carbons (Fsp3) is 0.256. The van der Waals surface area contributed by atoms with Crippen LogP contribution < -0.4 is 9.47 Å². The lowest BCUT2D eigenvalue weighted by Crippen LogP contribution is -2.45. The third-order valence-electron chi connectivity index (χ3n) is 9.33. The number of aromatic nitrogens is 3. The maximum atomic E-state index is 6.53. The van der Waals surface area contributed by atoms with Gasteiger partial charge in [-0.05, 0) is 39.8 Å². The van der Waals surface area contributed by atoms with E-state index in [1.54, 1.807) is 0 Å². The Morgan fingerprint density at radius 2 is 1.08 bits per heavy atom. The second kappa shape index (κ2) is 16.0. The summed E-state index contributed by atoms with van der Waals surface area (Å²) in [5.74, 6) is 1.72. The van der Waals surface area contributed by atoms with Crippen LogP contribution in [-0.4, -0.2) is 51.0 Å². The Kier molecular flexibility index (Phi) is 10.6. The van der Waals surface area contributed by atoms with Crippen molar-refractivity contribution in [3.8, 4) is 28.4 Å². The van der Waals surface area contributed by atoms with Gasteiger partial charge in [0.15, 0.2) is 0 Å². The lowest BCUT2D eigenvalue weighted by Gasteiger charge is -2.34. The quantitative estimate of drug-likeness (QED) is 0.124. The SMILES string of the molecule is CC(C)c1cc(-n2nncc2-c2ccc(CN3CCN(Cc4ccccc4)CC3)cc2)c(OCc2ccccc2)cc1OCc1ccccc1. The molecule has 50 heavy (non-hydrogen) atoms. The number of piperazine rings is 1. The normalized spacial score (nSPS) is 13.8. The van der Waals surface area contributed by atoms with Crippen LogP contribution in [0.5, 0.6) is 11.5 Å². The van der Waals surface area contributed by atoms with E-state index in [-0.39, 0.29) is 5.92 Å². The molecule has 0 aliphatic carbocycles. The molecule has 1 saturated heterocycles. The maximum absolute atomic E-state index is 6.53. The van der Waals surface area contributed by atoms with Crippen molar-refractivity contribution in [3.05, 3.63) is 161 Å². The van der Waals surface area contributed by atoms with Crippen LogP contribution in [-0.2, 0) is 26.3 Å². The predicted octanol–water partition coefficient (Wildman–Crippen LogP) is 8.53. The topological polar surface area (TPSA) is 55.7 Å². The number of nitrogens with zero attached hydrogens (tertiary/aromatic N) is 5. The Bertz CT molecular complexity index is 1940. The maximum Gasteiger partial charge on any atom is 0.149 e. The molecule has 0 spiro atoms. The molecule has 0 N–H and O–H groups in total. The van der Waals surface area contributed by atoms with Gasteiger partial charge in [-0.15, -0.1) is 5.10 Å². The molecule has 5 aromatic carbocycles. The highest BCUT2D eigenvalue weighted by Gasteiger charge is 2.21. The third-order valence-corrected chi connectivity index (χ3v) is 9.33. The largest absolute Gasteiger partial charge is 0.488 e. The number of rotatable bonds is 13. The smallest absolute Gasteiger partial charge is 0.149 e. The average Bonchev–Trinajstić information content (AvgIpc) is 3.65. The van der Waals surface area contributed by atoms with Gasteiger partial charge in [-0.3, -0.25) is 9.80 Å². The molecule has 0 radical (unpaired) electrons. The molecule has 7 nitrogen and oxygen atoms in total. The van der Waals surface area contributed by atoms with Crippen LogP contribution in [0.3, 0.4) is 0 Å². The Morgan fingerprint density at radius 3 is 1.62 bits per heavy atom. The number of hydrogen-bond donors (Lipinski definition) is 0. The molecule has 7 heteroatoms. The second-order valence-electron chi connectivity index (χ2n) is 13.3. The highest BCUT2D eigenvalue weighted by atomic mass is 16.5. The van der Waals surface area contributed by atoms with Crippen LogP contribution in [0, 0.1) is 0 Å². The van der Waals surface area contributed by atoms with Gasteiger partial charge in [0.05, 0.1) is 11.9 Å². The first-order chi connectivity index (χ1) is 24.6. The molecule has 0 bridgehead atoms. The van der Waals surface area contributed by atoms with Crippen molar-refractivity contribution in [2.75, 3.05) is 26.2 Å². The molecule has 1 aliphatic heterocycles. The molecule has 1 fully saturated rings. The first-order valence-corrected chi connectivity index (χ1v) is 17.6. The zero-order valence-corrected chi connectivity index (χ0v) is 29.0. The lowest BCUT2D eigenvalue weighted by molar-refractivity contribution is 0.122. The molecular weight excluding hydrogens is 619 g/mol. The lowest BCUT2D eigenvalue weighted by atomic mass is 10.0. The second-order valence-corrected chi connectivity index (χ2v) is 13.3. The van der Waals surface area contributed by atoms with Crippen molar-refractivity contribution in [3.63, 3.8) is 0 Å². The minimum atomic E-state index is 0.217. The molecule has 1 aromatic heterocycles. The Morgan fingerprint density at radius 1 is 0.580 bits per heavy atom. The summed E-state index contributed by atoms with van der Waals surface area (Å²) in [6.45, 7) is 11.5. The molecule has 2 heterocycles. The molecule has 254 valence electrons. The molecule has 0 atom stereocenters. The highest BCUT2D eigenvalue weighted by Crippen LogP contribution is 2.38. The molecule has 1 aliphatic rings. The van der Waals surface area contributed by atoms with Crippen molar-refractivity contribution in [1.82, 2.24) is 24.8 Å². The molecular formula is C43H45N5O2. The monoisotopic (exact) mass is 663 g/mol. The zero-order chi connectivity index (χ0) is 34.1. The molecule has 0 amide bonds. The molecule has 6 aromatic rings. The van der Waals surface area contributed by atoms with Gasteiger partial charge in [0.25, 0.3) is 0 Å². The molecule has 0 unspecified atom stereocenters. The number of benzene rings is 5. The highest BCUT2D eigenvalue weighted by molar-refractivity contribution is 5.65. The van der Waals surface area contributed by atoms with Crippen molar-refractivity contribution in [2.24, 2.45) is 0 Å². The van der Waals surface area contributed by atoms with E-state index in [4.69, 9.17) is 9.47 Å². The summed E-state index contributed by atoms with van der Waals surface area (Å²) >= 11 is 0. The van der Waals surface area contributed by atoms with Gasteiger partial charge in [0, 0.05) is 50.9 Å². The van der Waals surface area contributed by atoms with Crippen LogP contribution in [0.1, 0.15) is 47.6 Å². The van der Waals surface area contributed by atoms with Crippen LogP contribution >= 0.6 is 0 Å². The van der Waals surface area contributed by atoms with Gasteiger partial charge in [-0.25, -0.2) is 4.68 Å². The van der Waals surface area contributed by atoms with Crippen LogP contribution in [0.25, 0.3) is 16.9 Å². The molecule has 0 saturated carbocycles. The van der Waals surface area contributed by atoms with Crippen LogP contribution in [0.4, 0.5) is 0 Å². The van der Waals surface area contributed by atoms with E-state index in [2.05, 4.69) is 119 Å². The van der Waals surface area contributed by atoms with Crippen molar-refractivity contribution in [2.45, 2.75) is 46.1 Å². The van der Waals surface area contributed by atoms with Crippen LogP contribution in [0.15, 0.2) is 134 Å². The zero-order valence-electron chi connectivity index (χ0n) is 29.0. The average molecular weight is 664 g/mol. The number of ether oxygens (including phenoxy) is 2. The fourth-order valence-corrected chi connectivity index (χ4v) is 6.49. The van der Waals surface area contributed by atoms with E-state index >= 15 is 0 Å². The van der Waals surface area contributed by atoms with Gasteiger partial charge >= 0.3 is 0 Å². The fourth-order valence-electron chi connectivity index (χ4n) is 6.49. The van der Waals surface area contributed by atoms with Gasteiger partial charge in [-0.2, -0.15) is 0 Å². The van der Waals surface area contributed by atoms with Gasteiger partial charge in [0.1, 0.15) is 30.4 Å². The van der Waals surface area contributed by atoms with E-state index in [1.807, 2.05) is 53.3 Å². The summed E-state index contributed by atoms with van der Waals surface area (Å²) in [5, 5.41) is 8.96. The Labute approximate surface area is 295 Å². The van der Waals surface area contributed by atoms with Crippen LogP contribution in [0.2, 0.25) is 0 Å². The first-order valence-electron chi connectivity index (χ1n) is 17.6. The van der Waals surface area contributed by atoms with Crippen molar-refractivity contribution >= 4 is 0 Å². The standard InChI is InChI=1S/C43H45N5O2/c1-33(2)39-26-40(43(50-32-37-16-10-5-11-17-37)27-42(39)49-31-36-14-8-4-9-15-36)48-41(28-44-45-48)38-20-18-35(19-21-38)30-47-24-22-46(23-25-47)29-34-12-6-3-7-13-34/h3-21,26-28,33H,22-25,29-32H2,1-2H3. The minimum Gasteiger partial charge on any atom is -0.488 e. The Balaban J connectivity index is 1.10. The molecule has 7 rings (SSSR count). The summed E-state index contributed by atoms with van der Waals surface area (Å²) in [7, 11) is 0. The summed E-state index contributed by atoms with van der Waals surface area (Å²) < 4.78 is 14.9. The van der Waals surface area contributed by atoms with Gasteiger partial charge in [-0.1, -0.05) is 134 Å². The first kappa shape index (κ1) is 33.3. The van der Waals surface area contributed by atoms with Gasteiger partial charge < -0.3 is 9.47 Å². The Hall–Kier alpha value is -5.24. The number of hydrogen-bond acceptors (Lipinski definition) is 6. The van der Waals surface area contributed by atoms with Gasteiger partial charge in [0.2, 0.25) is 0 Å². The third kappa shape index (κ3) is 8.30. The summed E-state index contributed by atoms with van der Waals surface area (Å²) in [4.78, 5) is 5.10. The van der Waals surface area contributed by atoms with E-state index in [0.717, 1.165) is 78.7 Å². The van der Waals surface area contributed by atoms with E-state index < -0.39 is 0 Å². The van der Waals surface area contributed by atoms with E-state index in [1.165, 1.54) is 11.1 Å². The predicted molar refractivity (Wildman–Crippen MR) is 199 cm³/mol. The minimum absolute atomic E-state index is 0.217.